The predicted molar refractivity (Wildman–Crippen MR) is 95.8 cm³/mol. The van der Waals surface area contributed by atoms with Crippen LogP contribution in [0.1, 0.15) is 41.2 Å². The van der Waals surface area contributed by atoms with Crippen molar-refractivity contribution in [3.05, 3.63) is 58.2 Å². The third-order valence-corrected chi connectivity index (χ3v) is 5.53. The van der Waals surface area contributed by atoms with Crippen LogP contribution in [0.2, 0.25) is 0 Å². The molecule has 3 heterocycles. The maximum absolute atomic E-state index is 9.67. The van der Waals surface area contributed by atoms with Crippen molar-refractivity contribution in [1.29, 1.82) is 0 Å². The van der Waals surface area contributed by atoms with E-state index in [0.29, 0.717) is 0 Å². The number of rotatable bonds is 1. The van der Waals surface area contributed by atoms with E-state index in [-0.39, 0.29) is 6.61 Å². The van der Waals surface area contributed by atoms with Crippen LogP contribution in [0.15, 0.2) is 29.8 Å². The lowest BCUT2D eigenvalue weighted by molar-refractivity contribution is 0.276. The van der Waals surface area contributed by atoms with Gasteiger partial charge < -0.3 is 14.6 Å². The maximum Gasteiger partial charge on any atom is 0.141 e. The van der Waals surface area contributed by atoms with Gasteiger partial charge in [-0.2, -0.15) is 0 Å². The number of benzene rings is 1. The van der Waals surface area contributed by atoms with Gasteiger partial charge in [0.25, 0.3) is 0 Å². The highest BCUT2D eigenvalue weighted by atomic mass is 16.3. The fourth-order valence-corrected chi connectivity index (χ4v) is 4.02. The van der Waals surface area contributed by atoms with Crippen molar-refractivity contribution in [1.82, 2.24) is 14.5 Å². The van der Waals surface area contributed by atoms with Crippen molar-refractivity contribution in [3.63, 3.8) is 0 Å². The van der Waals surface area contributed by atoms with Gasteiger partial charge in [0, 0.05) is 30.9 Å². The summed E-state index contributed by atoms with van der Waals surface area (Å²) in [6.07, 6.45) is 3.21. The third-order valence-electron chi connectivity index (χ3n) is 5.53. The van der Waals surface area contributed by atoms with Gasteiger partial charge in [-0.05, 0) is 44.4 Å². The van der Waals surface area contributed by atoms with E-state index in [4.69, 9.17) is 4.98 Å². The second-order valence-corrected chi connectivity index (χ2v) is 6.97. The molecule has 2 aliphatic rings. The number of piperidine rings is 1. The lowest BCUT2D eigenvalue weighted by Crippen LogP contribution is -2.27. The molecule has 0 bridgehead atoms. The Labute approximate surface area is 143 Å². The average molecular weight is 323 g/mol. The highest BCUT2D eigenvalue weighted by Crippen LogP contribution is 2.36. The number of imidazole rings is 1. The summed E-state index contributed by atoms with van der Waals surface area (Å²) < 4.78 is 2.31. The van der Waals surface area contributed by atoms with E-state index in [2.05, 4.69) is 47.7 Å². The largest absolute Gasteiger partial charge is 0.390 e. The normalized spacial score (nSPS) is 18.3. The molecule has 0 saturated carbocycles. The zero-order valence-electron chi connectivity index (χ0n) is 14.5. The van der Waals surface area contributed by atoms with Crippen molar-refractivity contribution in [3.8, 4) is 0 Å². The third kappa shape index (κ3) is 2.50. The van der Waals surface area contributed by atoms with E-state index in [1.165, 1.54) is 22.3 Å². The average Bonchev–Trinajstić information content (AvgIpc) is 2.82. The second-order valence-electron chi connectivity index (χ2n) is 6.97. The SMILES string of the molecule is Cc1c(CO)nc2n1CCc1ccccc1C2=C1CCN(C)CC1. The molecule has 1 fully saturated rings. The lowest BCUT2D eigenvalue weighted by Gasteiger charge is -2.26. The van der Waals surface area contributed by atoms with Gasteiger partial charge in [-0.15, -0.1) is 0 Å². The first-order chi connectivity index (χ1) is 11.7. The minimum Gasteiger partial charge on any atom is -0.390 e. The molecule has 24 heavy (non-hydrogen) atoms. The van der Waals surface area contributed by atoms with E-state index in [1.807, 2.05) is 0 Å². The van der Waals surface area contributed by atoms with Crippen molar-refractivity contribution >= 4 is 5.57 Å². The van der Waals surface area contributed by atoms with Crippen molar-refractivity contribution in [2.24, 2.45) is 0 Å². The van der Waals surface area contributed by atoms with Gasteiger partial charge in [0.2, 0.25) is 0 Å². The summed E-state index contributed by atoms with van der Waals surface area (Å²) >= 11 is 0. The van der Waals surface area contributed by atoms with Crippen LogP contribution < -0.4 is 0 Å². The molecule has 4 nitrogen and oxygen atoms in total. The van der Waals surface area contributed by atoms with Gasteiger partial charge in [-0.25, -0.2) is 4.98 Å². The van der Waals surface area contributed by atoms with Gasteiger partial charge in [0.15, 0.2) is 0 Å². The van der Waals surface area contributed by atoms with Crippen LogP contribution >= 0.6 is 0 Å². The van der Waals surface area contributed by atoms with Crippen LogP contribution in [-0.2, 0) is 19.6 Å². The fourth-order valence-electron chi connectivity index (χ4n) is 4.02. The zero-order chi connectivity index (χ0) is 16.7. The minimum absolute atomic E-state index is 0.0127. The zero-order valence-corrected chi connectivity index (χ0v) is 14.5. The first kappa shape index (κ1) is 15.6. The van der Waals surface area contributed by atoms with E-state index >= 15 is 0 Å². The monoisotopic (exact) mass is 323 g/mol. The van der Waals surface area contributed by atoms with Gasteiger partial charge in [0.1, 0.15) is 5.82 Å². The second kappa shape index (κ2) is 6.19. The van der Waals surface area contributed by atoms with E-state index < -0.39 is 0 Å². The van der Waals surface area contributed by atoms with Gasteiger partial charge in [0.05, 0.1) is 12.3 Å². The molecular weight excluding hydrogens is 298 g/mol. The van der Waals surface area contributed by atoms with Gasteiger partial charge in [-0.3, -0.25) is 0 Å². The topological polar surface area (TPSA) is 41.3 Å². The summed E-state index contributed by atoms with van der Waals surface area (Å²) in [6, 6.07) is 8.76. The van der Waals surface area contributed by atoms with Gasteiger partial charge in [-0.1, -0.05) is 29.8 Å². The van der Waals surface area contributed by atoms with Crippen LogP contribution in [-0.4, -0.2) is 39.7 Å². The van der Waals surface area contributed by atoms with E-state index in [0.717, 1.165) is 56.1 Å². The maximum atomic E-state index is 9.67. The molecule has 0 radical (unpaired) electrons. The molecule has 1 N–H and O–H groups in total. The molecule has 0 atom stereocenters. The Kier molecular flexibility index (Phi) is 4.02. The quantitative estimate of drug-likeness (QED) is 0.877. The number of aryl methyl sites for hydroxylation is 1. The number of fused-ring (bicyclic) bond motifs is 2. The minimum atomic E-state index is 0.0127. The van der Waals surface area contributed by atoms with E-state index in [9.17, 15) is 5.11 Å². The van der Waals surface area contributed by atoms with Crippen molar-refractivity contribution in [2.75, 3.05) is 20.1 Å². The van der Waals surface area contributed by atoms with E-state index in [1.54, 1.807) is 0 Å². The number of aliphatic hydroxyl groups excluding tert-OH is 1. The number of hydrogen-bond donors (Lipinski definition) is 1. The smallest absolute Gasteiger partial charge is 0.141 e. The van der Waals surface area contributed by atoms with Crippen molar-refractivity contribution < 1.29 is 5.11 Å². The number of nitrogens with zero attached hydrogens (tertiary/aromatic N) is 3. The number of aromatic nitrogens is 2. The van der Waals surface area contributed by atoms with Crippen molar-refractivity contribution in [2.45, 2.75) is 39.3 Å². The Morgan fingerprint density at radius 3 is 2.58 bits per heavy atom. The summed E-state index contributed by atoms with van der Waals surface area (Å²) in [6.45, 7) is 5.23. The molecule has 4 rings (SSSR count). The molecule has 0 spiro atoms. The first-order valence-corrected chi connectivity index (χ1v) is 8.85. The molecule has 2 aromatic rings. The molecule has 0 amide bonds. The fraction of sp³-hybridized carbons (Fsp3) is 0.450. The molecule has 0 unspecified atom stereocenters. The molecule has 126 valence electrons. The molecule has 1 aromatic heterocycles. The number of hydrogen-bond acceptors (Lipinski definition) is 3. The Morgan fingerprint density at radius 2 is 1.83 bits per heavy atom. The predicted octanol–water partition coefficient (Wildman–Crippen LogP) is 2.77. The summed E-state index contributed by atoms with van der Waals surface area (Å²) in [5, 5.41) is 9.67. The molecular formula is C20H25N3O. The molecule has 4 heteroatoms. The number of aliphatic hydroxyl groups is 1. The Morgan fingerprint density at radius 1 is 1.08 bits per heavy atom. The lowest BCUT2D eigenvalue weighted by atomic mass is 9.90. The molecule has 1 aromatic carbocycles. The Bertz CT molecular complexity index is 793. The first-order valence-electron chi connectivity index (χ1n) is 8.85. The van der Waals surface area contributed by atoms with Crippen LogP contribution in [0.5, 0.6) is 0 Å². The molecule has 1 saturated heterocycles. The number of likely N-dealkylation sites (tertiary alicyclic amines) is 1. The Balaban J connectivity index is 1.95. The van der Waals surface area contributed by atoms with Crippen LogP contribution in [0.3, 0.4) is 0 Å². The summed E-state index contributed by atoms with van der Waals surface area (Å²) in [5.74, 6) is 1.06. The van der Waals surface area contributed by atoms with Crippen LogP contribution in [0, 0.1) is 6.92 Å². The Hall–Kier alpha value is -1.91. The summed E-state index contributed by atoms with van der Waals surface area (Å²) in [4.78, 5) is 7.24. The summed E-state index contributed by atoms with van der Waals surface area (Å²) in [5.41, 5.74) is 7.50. The van der Waals surface area contributed by atoms with Crippen LogP contribution in [0.4, 0.5) is 0 Å². The standard InChI is InChI=1S/C20H25N3O/c1-14-18(13-24)21-20-19(16-7-10-22(2)11-8-16)17-6-4-3-5-15(17)9-12-23(14)20/h3-6,24H,7-13H2,1-2H3. The molecule has 2 aliphatic heterocycles. The summed E-state index contributed by atoms with van der Waals surface area (Å²) in [7, 11) is 2.19. The highest BCUT2D eigenvalue weighted by molar-refractivity contribution is 5.82. The molecule has 0 aliphatic carbocycles. The van der Waals surface area contributed by atoms with Crippen LogP contribution in [0.25, 0.3) is 5.57 Å². The highest BCUT2D eigenvalue weighted by Gasteiger charge is 2.26. The van der Waals surface area contributed by atoms with Gasteiger partial charge >= 0.3 is 0 Å².